The molecule has 0 spiro atoms. The molecule has 0 bridgehead atoms. The van der Waals surface area contributed by atoms with E-state index >= 15 is 0 Å². The Morgan fingerprint density at radius 2 is 1.67 bits per heavy atom. The molecule has 2 heterocycles. The average molecular weight is 460 g/mol. The number of nitrogens with one attached hydrogen (secondary N) is 1. The van der Waals surface area contributed by atoms with Gasteiger partial charge in [0.2, 0.25) is 0 Å². The molecule has 1 saturated heterocycles. The van der Waals surface area contributed by atoms with Crippen molar-refractivity contribution in [2.75, 3.05) is 23.3 Å². The SMILES string of the molecule is O=C(Nc1ccc(OC(F)(F)F)cc1)c1ccc(N2C[C@@H](O)[C@@H](O)C2)c(-c2cncnc2)c1. The maximum Gasteiger partial charge on any atom is 0.573 e. The molecule has 1 aliphatic heterocycles. The second kappa shape index (κ2) is 9.04. The predicted molar refractivity (Wildman–Crippen MR) is 113 cm³/mol. The predicted octanol–water partition coefficient (Wildman–Crippen LogP) is 2.84. The molecule has 1 aliphatic rings. The van der Waals surface area contributed by atoms with Gasteiger partial charge in [0.1, 0.15) is 12.1 Å². The molecule has 0 radical (unpaired) electrons. The van der Waals surface area contributed by atoms with Crippen LogP contribution in [0.3, 0.4) is 0 Å². The summed E-state index contributed by atoms with van der Waals surface area (Å²) in [6.45, 7) is 0.444. The van der Waals surface area contributed by atoms with Gasteiger partial charge >= 0.3 is 6.36 Å². The van der Waals surface area contributed by atoms with Gasteiger partial charge in [-0.15, -0.1) is 13.2 Å². The summed E-state index contributed by atoms with van der Waals surface area (Å²) in [4.78, 5) is 22.6. The zero-order chi connectivity index (χ0) is 23.6. The topological polar surface area (TPSA) is 108 Å². The summed E-state index contributed by atoms with van der Waals surface area (Å²) in [5.74, 6) is -0.878. The Hall–Kier alpha value is -3.70. The van der Waals surface area contributed by atoms with E-state index < -0.39 is 30.2 Å². The average Bonchev–Trinajstić information content (AvgIpc) is 3.12. The monoisotopic (exact) mass is 460 g/mol. The van der Waals surface area contributed by atoms with Crippen LogP contribution in [0.4, 0.5) is 24.5 Å². The van der Waals surface area contributed by atoms with Crippen LogP contribution >= 0.6 is 0 Å². The normalized spacial score (nSPS) is 18.3. The largest absolute Gasteiger partial charge is 0.573 e. The van der Waals surface area contributed by atoms with Crippen molar-refractivity contribution in [3.8, 4) is 16.9 Å². The van der Waals surface area contributed by atoms with E-state index in [0.717, 1.165) is 12.1 Å². The van der Waals surface area contributed by atoms with Gasteiger partial charge in [0.25, 0.3) is 5.91 Å². The summed E-state index contributed by atoms with van der Waals surface area (Å²) in [6, 6.07) is 9.70. The van der Waals surface area contributed by atoms with Crippen LogP contribution in [0.15, 0.2) is 61.2 Å². The van der Waals surface area contributed by atoms with Crippen LogP contribution in [0.5, 0.6) is 5.75 Å². The van der Waals surface area contributed by atoms with Crippen molar-refractivity contribution in [3.05, 3.63) is 66.7 Å². The van der Waals surface area contributed by atoms with Crippen LogP contribution < -0.4 is 15.0 Å². The van der Waals surface area contributed by atoms with Crippen LogP contribution in [0.2, 0.25) is 0 Å². The summed E-state index contributed by atoms with van der Waals surface area (Å²) in [6.07, 6.45) is -2.05. The number of amides is 1. The molecule has 33 heavy (non-hydrogen) atoms. The van der Waals surface area contributed by atoms with Gasteiger partial charge in [-0.3, -0.25) is 4.79 Å². The number of aromatic nitrogens is 2. The van der Waals surface area contributed by atoms with Gasteiger partial charge in [-0.05, 0) is 42.5 Å². The molecule has 0 aliphatic carbocycles. The fourth-order valence-corrected chi connectivity index (χ4v) is 3.53. The lowest BCUT2D eigenvalue weighted by molar-refractivity contribution is -0.274. The van der Waals surface area contributed by atoms with Crippen LogP contribution in [-0.4, -0.2) is 57.7 Å². The summed E-state index contributed by atoms with van der Waals surface area (Å²) in [5.41, 5.74) is 2.51. The Kier molecular flexibility index (Phi) is 6.16. The number of rotatable bonds is 5. The third-order valence-electron chi connectivity index (χ3n) is 5.08. The molecule has 0 saturated carbocycles. The number of β-amino-alcohol motifs (C(OH)–C–C–N with tert-alkyl or cyclic N) is 2. The second-order valence-electron chi connectivity index (χ2n) is 7.43. The highest BCUT2D eigenvalue weighted by Crippen LogP contribution is 2.34. The minimum Gasteiger partial charge on any atom is -0.406 e. The third kappa shape index (κ3) is 5.38. The first kappa shape index (κ1) is 22.5. The molecule has 2 atom stereocenters. The molecule has 1 amide bonds. The molecule has 3 N–H and O–H groups in total. The molecule has 3 aromatic rings. The number of alkyl halides is 3. The third-order valence-corrected chi connectivity index (χ3v) is 5.08. The second-order valence-corrected chi connectivity index (χ2v) is 7.43. The number of hydrogen-bond acceptors (Lipinski definition) is 7. The molecular formula is C22H19F3N4O4. The standard InChI is InChI=1S/C22H19F3N4O4/c23-22(24,25)33-16-4-2-15(3-5-16)28-21(32)13-1-6-18(29-10-19(30)20(31)11-29)17(7-13)14-8-26-12-27-9-14/h1-9,12,19-20,30-31H,10-11H2,(H,28,32)/t19-,20+. The van der Waals surface area contributed by atoms with Gasteiger partial charge in [-0.2, -0.15) is 0 Å². The van der Waals surface area contributed by atoms with E-state index in [1.54, 1.807) is 35.5 Å². The van der Waals surface area contributed by atoms with Gasteiger partial charge in [0, 0.05) is 53.5 Å². The Morgan fingerprint density at radius 3 is 2.27 bits per heavy atom. The first-order valence-corrected chi connectivity index (χ1v) is 9.87. The molecule has 1 fully saturated rings. The van der Waals surface area contributed by atoms with Gasteiger partial charge in [-0.25, -0.2) is 9.97 Å². The van der Waals surface area contributed by atoms with Crippen molar-refractivity contribution in [2.24, 2.45) is 0 Å². The van der Waals surface area contributed by atoms with E-state index in [1.165, 1.54) is 18.5 Å². The lowest BCUT2D eigenvalue weighted by Crippen LogP contribution is -2.22. The number of aliphatic hydroxyl groups excluding tert-OH is 2. The quantitative estimate of drug-likeness (QED) is 0.538. The van der Waals surface area contributed by atoms with Crippen molar-refractivity contribution < 1.29 is 32.9 Å². The number of carbonyl (C=O) groups excluding carboxylic acids is 1. The summed E-state index contributed by atoms with van der Waals surface area (Å²) in [7, 11) is 0. The minimum absolute atomic E-state index is 0.222. The molecule has 4 rings (SSSR count). The number of halogens is 3. The lowest BCUT2D eigenvalue weighted by atomic mass is 10.0. The maximum absolute atomic E-state index is 12.8. The van der Waals surface area contributed by atoms with E-state index in [4.69, 9.17) is 0 Å². The number of hydrogen-bond donors (Lipinski definition) is 3. The summed E-state index contributed by atoms with van der Waals surface area (Å²) in [5, 5.41) is 22.5. The molecule has 2 aromatic carbocycles. The molecule has 0 unspecified atom stereocenters. The first-order chi connectivity index (χ1) is 15.7. The van der Waals surface area contributed by atoms with Gasteiger partial charge in [0.15, 0.2) is 0 Å². The number of anilines is 2. The van der Waals surface area contributed by atoms with Gasteiger partial charge in [-0.1, -0.05) is 0 Å². The Labute approximate surface area is 186 Å². The highest BCUT2D eigenvalue weighted by atomic mass is 19.4. The number of ether oxygens (including phenoxy) is 1. The minimum atomic E-state index is -4.80. The van der Waals surface area contributed by atoms with Crippen LogP contribution in [0, 0.1) is 0 Å². The van der Waals surface area contributed by atoms with Crippen molar-refractivity contribution >= 4 is 17.3 Å². The number of aliphatic hydroxyl groups is 2. The number of nitrogens with zero attached hydrogens (tertiary/aromatic N) is 3. The number of benzene rings is 2. The first-order valence-electron chi connectivity index (χ1n) is 9.87. The maximum atomic E-state index is 12.8. The van der Waals surface area contributed by atoms with E-state index in [0.29, 0.717) is 16.8 Å². The van der Waals surface area contributed by atoms with Gasteiger partial charge in [0.05, 0.1) is 12.2 Å². The Morgan fingerprint density at radius 1 is 1.03 bits per heavy atom. The Bertz CT molecular complexity index is 1120. The fourth-order valence-electron chi connectivity index (χ4n) is 3.53. The smallest absolute Gasteiger partial charge is 0.406 e. The lowest BCUT2D eigenvalue weighted by Gasteiger charge is -2.22. The highest BCUT2D eigenvalue weighted by molar-refractivity contribution is 6.05. The summed E-state index contributed by atoms with van der Waals surface area (Å²) < 4.78 is 40.7. The van der Waals surface area contributed by atoms with Crippen LogP contribution in [-0.2, 0) is 0 Å². The van der Waals surface area contributed by atoms with E-state index in [1.807, 2.05) is 0 Å². The van der Waals surface area contributed by atoms with Crippen molar-refractivity contribution in [1.82, 2.24) is 9.97 Å². The molecular weight excluding hydrogens is 441 g/mol. The number of carbonyl (C=O) groups is 1. The molecule has 8 nitrogen and oxygen atoms in total. The van der Waals surface area contributed by atoms with Crippen molar-refractivity contribution in [2.45, 2.75) is 18.6 Å². The van der Waals surface area contributed by atoms with Crippen LogP contribution in [0.1, 0.15) is 10.4 Å². The molecule has 1 aromatic heterocycles. The summed E-state index contributed by atoms with van der Waals surface area (Å²) >= 11 is 0. The van der Waals surface area contributed by atoms with E-state index in [2.05, 4.69) is 20.0 Å². The van der Waals surface area contributed by atoms with Crippen molar-refractivity contribution in [1.29, 1.82) is 0 Å². The van der Waals surface area contributed by atoms with Crippen molar-refractivity contribution in [3.63, 3.8) is 0 Å². The fraction of sp³-hybridized carbons (Fsp3) is 0.227. The molecule has 172 valence electrons. The highest BCUT2D eigenvalue weighted by Gasteiger charge is 2.32. The zero-order valence-electron chi connectivity index (χ0n) is 17.0. The van der Waals surface area contributed by atoms with E-state index in [-0.39, 0.29) is 24.3 Å². The zero-order valence-corrected chi connectivity index (χ0v) is 17.0. The molecule has 11 heteroatoms. The van der Waals surface area contributed by atoms with Crippen LogP contribution in [0.25, 0.3) is 11.1 Å². The van der Waals surface area contributed by atoms with E-state index in [9.17, 15) is 28.2 Å². The Balaban J connectivity index is 1.58. The van der Waals surface area contributed by atoms with Gasteiger partial charge < -0.3 is 25.2 Å².